The second-order valence-corrected chi connectivity index (χ2v) is 6.72. The van der Waals surface area contributed by atoms with E-state index in [4.69, 9.17) is 9.79 Å². The van der Waals surface area contributed by atoms with Crippen LogP contribution in [0.3, 0.4) is 0 Å². The Labute approximate surface area is 151 Å². The van der Waals surface area contributed by atoms with E-state index in [1.54, 1.807) is 24.3 Å². The third-order valence-corrected chi connectivity index (χ3v) is 3.94. The van der Waals surface area contributed by atoms with Gasteiger partial charge in [-0.3, -0.25) is 9.32 Å². The lowest BCUT2D eigenvalue weighted by molar-refractivity contribution is -0.122. The fourth-order valence-corrected chi connectivity index (χ4v) is 2.58. The minimum absolute atomic E-state index is 0.135. The zero-order chi connectivity index (χ0) is 19.1. The average Bonchev–Trinajstić information content (AvgIpc) is 2.60. The van der Waals surface area contributed by atoms with E-state index in [0.29, 0.717) is 6.42 Å². The molecule has 0 radical (unpaired) electrons. The van der Waals surface area contributed by atoms with E-state index in [-0.39, 0.29) is 12.5 Å². The Hall–Kier alpha value is -1.20. The highest BCUT2D eigenvalue weighted by Crippen LogP contribution is 2.37. The van der Waals surface area contributed by atoms with Crippen molar-refractivity contribution in [1.29, 1.82) is 0 Å². The van der Waals surface area contributed by atoms with Gasteiger partial charge in [0.05, 0.1) is 12.6 Å². The molecule has 1 atom stereocenters. The van der Waals surface area contributed by atoms with Crippen molar-refractivity contribution < 1.29 is 23.7 Å². The maximum atomic E-state index is 12.0. The van der Waals surface area contributed by atoms with Crippen LogP contribution in [0.15, 0.2) is 30.3 Å². The lowest BCUT2D eigenvalue weighted by atomic mass is 10.1. The van der Waals surface area contributed by atoms with Gasteiger partial charge in [-0.1, -0.05) is 76.8 Å². The number of hydrogen-bond acceptors (Lipinski definition) is 3. The molecule has 0 aliphatic rings. The van der Waals surface area contributed by atoms with Crippen LogP contribution >= 0.6 is 7.82 Å². The molecule has 144 valence electrons. The molecule has 0 aliphatic heterocycles. The van der Waals surface area contributed by atoms with Gasteiger partial charge in [-0.15, -0.1) is 0 Å². The lowest BCUT2D eigenvalue weighted by Crippen LogP contribution is -2.31. The Morgan fingerprint density at radius 1 is 1.12 bits per heavy atom. The molecular formula is C18H32NO5P. The lowest BCUT2D eigenvalue weighted by Gasteiger charge is -2.19. The molecule has 1 amide bonds. The van der Waals surface area contributed by atoms with Crippen molar-refractivity contribution in [2.75, 3.05) is 6.61 Å². The summed E-state index contributed by atoms with van der Waals surface area (Å²) in [6.45, 7) is 5.87. The van der Waals surface area contributed by atoms with Crippen LogP contribution in [-0.2, 0) is 13.9 Å². The van der Waals surface area contributed by atoms with Crippen molar-refractivity contribution in [3.63, 3.8) is 0 Å². The predicted molar refractivity (Wildman–Crippen MR) is 100 cm³/mol. The number of nitrogens with one attached hydrogen (secondary N) is 1. The summed E-state index contributed by atoms with van der Waals surface area (Å²) in [6, 6.07) is 8.43. The number of phosphoric ester groups is 1. The fourth-order valence-electron chi connectivity index (χ4n) is 2.23. The summed E-state index contributed by atoms with van der Waals surface area (Å²) in [5.41, 5.74) is 0.750. The molecule has 0 bridgehead atoms. The van der Waals surface area contributed by atoms with Crippen LogP contribution in [0.2, 0.25) is 0 Å². The zero-order valence-electron chi connectivity index (χ0n) is 15.5. The van der Waals surface area contributed by atoms with Gasteiger partial charge in [0.15, 0.2) is 0 Å². The molecule has 7 heteroatoms. The van der Waals surface area contributed by atoms with E-state index in [1.807, 2.05) is 19.9 Å². The smallest absolute Gasteiger partial charge is 0.347 e. The summed E-state index contributed by atoms with van der Waals surface area (Å²) in [4.78, 5) is 29.7. The Morgan fingerprint density at radius 2 is 1.72 bits per heavy atom. The quantitative estimate of drug-likeness (QED) is 0.396. The summed E-state index contributed by atoms with van der Waals surface area (Å²) in [5.74, 6) is -0.135. The van der Waals surface area contributed by atoms with Crippen LogP contribution < -0.4 is 5.32 Å². The number of phosphoric acid groups is 1. The van der Waals surface area contributed by atoms with Gasteiger partial charge in [0, 0.05) is 6.42 Å². The average molecular weight is 373 g/mol. The molecule has 3 N–H and O–H groups in total. The van der Waals surface area contributed by atoms with E-state index >= 15 is 0 Å². The zero-order valence-corrected chi connectivity index (χ0v) is 16.4. The maximum Gasteiger partial charge on any atom is 0.469 e. The van der Waals surface area contributed by atoms with E-state index in [9.17, 15) is 9.36 Å². The first-order valence-electron chi connectivity index (χ1n) is 8.96. The second-order valence-electron chi connectivity index (χ2n) is 5.48. The highest BCUT2D eigenvalue weighted by molar-refractivity contribution is 7.46. The van der Waals surface area contributed by atoms with E-state index in [1.165, 1.54) is 6.42 Å². The molecule has 0 heterocycles. The highest BCUT2D eigenvalue weighted by atomic mass is 31.2. The molecule has 25 heavy (non-hydrogen) atoms. The SMILES string of the molecule is CC.CCCCCCCC(=O)N[C@H](COP(=O)(O)O)c1ccccc1. The molecule has 0 saturated heterocycles. The second kappa shape index (κ2) is 14.0. The van der Waals surface area contributed by atoms with E-state index in [0.717, 1.165) is 31.2 Å². The van der Waals surface area contributed by atoms with Gasteiger partial charge in [-0.25, -0.2) is 4.57 Å². The Kier molecular flexibility index (Phi) is 13.3. The fraction of sp³-hybridized carbons (Fsp3) is 0.611. The minimum atomic E-state index is -4.57. The van der Waals surface area contributed by atoms with Gasteiger partial charge in [0.1, 0.15) is 0 Å². The number of hydrogen-bond donors (Lipinski definition) is 3. The first kappa shape index (κ1) is 23.8. The first-order chi connectivity index (χ1) is 11.9. The Balaban J connectivity index is 0.00000277. The number of rotatable bonds is 11. The summed E-state index contributed by atoms with van der Waals surface area (Å²) < 4.78 is 15.4. The van der Waals surface area contributed by atoms with Gasteiger partial charge >= 0.3 is 7.82 Å². The number of unbranched alkanes of at least 4 members (excludes halogenated alkanes) is 4. The highest BCUT2D eigenvalue weighted by Gasteiger charge is 2.20. The van der Waals surface area contributed by atoms with E-state index < -0.39 is 13.9 Å². The largest absolute Gasteiger partial charge is 0.469 e. The van der Waals surface area contributed by atoms with Crippen LogP contribution in [-0.4, -0.2) is 22.3 Å². The van der Waals surface area contributed by atoms with Crippen molar-refractivity contribution in [2.24, 2.45) is 0 Å². The van der Waals surface area contributed by atoms with Crippen molar-refractivity contribution in [2.45, 2.75) is 65.3 Å². The minimum Gasteiger partial charge on any atom is -0.347 e. The number of carbonyl (C=O) groups excluding carboxylic acids is 1. The third kappa shape index (κ3) is 12.8. The topological polar surface area (TPSA) is 95.9 Å². The van der Waals surface area contributed by atoms with Crippen molar-refractivity contribution in [1.82, 2.24) is 5.32 Å². The molecule has 0 aliphatic carbocycles. The molecule has 1 aromatic rings. The van der Waals surface area contributed by atoms with Crippen LogP contribution in [0.4, 0.5) is 0 Å². The van der Waals surface area contributed by atoms with Gasteiger partial charge in [0.25, 0.3) is 0 Å². The third-order valence-electron chi connectivity index (χ3n) is 3.45. The van der Waals surface area contributed by atoms with Gasteiger partial charge in [0.2, 0.25) is 5.91 Å². The molecule has 0 saturated carbocycles. The van der Waals surface area contributed by atoms with Crippen molar-refractivity contribution in [3.05, 3.63) is 35.9 Å². The summed E-state index contributed by atoms with van der Waals surface area (Å²) in [6.07, 6.45) is 5.67. The molecule has 6 nitrogen and oxygen atoms in total. The monoisotopic (exact) mass is 373 g/mol. The molecule has 0 aromatic heterocycles. The Morgan fingerprint density at radius 3 is 2.28 bits per heavy atom. The normalized spacial score (nSPS) is 12.0. The van der Waals surface area contributed by atoms with Crippen molar-refractivity contribution in [3.8, 4) is 0 Å². The van der Waals surface area contributed by atoms with Gasteiger partial charge < -0.3 is 15.1 Å². The molecule has 1 rings (SSSR count). The van der Waals surface area contributed by atoms with Crippen LogP contribution in [0.5, 0.6) is 0 Å². The molecule has 0 unspecified atom stereocenters. The summed E-state index contributed by atoms with van der Waals surface area (Å²) in [7, 11) is -4.57. The van der Waals surface area contributed by atoms with Crippen LogP contribution in [0.25, 0.3) is 0 Å². The molecule has 0 fully saturated rings. The number of carbonyl (C=O) groups is 1. The predicted octanol–water partition coefficient (Wildman–Crippen LogP) is 4.34. The number of benzene rings is 1. The summed E-state index contributed by atoms with van der Waals surface area (Å²) in [5, 5.41) is 2.79. The first-order valence-corrected chi connectivity index (χ1v) is 10.5. The summed E-state index contributed by atoms with van der Waals surface area (Å²) >= 11 is 0. The Bertz CT molecular complexity index is 503. The molecule has 0 spiro atoms. The number of amides is 1. The van der Waals surface area contributed by atoms with Crippen molar-refractivity contribution >= 4 is 13.7 Å². The van der Waals surface area contributed by atoms with Crippen LogP contribution in [0, 0.1) is 0 Å². The standard InChI is InChI=1S/C16H26NO5P.C2H6/c1-2-3-4-5-9-12-16(18)17-15(13-22-23(19,20)21)14-10-7-6-8-11-14;1-2/h6-8,10-11,15H,2-5,9,12-13H2,1H3,(H,17,18)(H2,19,20,21);1-2H3/t15-;/m1./s1. The van der Waals surface area contributed by atoms with Crippen LogP contribution in [0.1, 0.15) is 70.9 Å². The molecular weight excluding hydrogens is 341 g/mol. The van der Waals surface area contributed by atoms with Gasteiger partial charge in [-0.05, 0) is 12.0 Å². The molecule has 1 aromatic carbocycles. The van der Waals surface area contributed by atoms with Gasteiger partial charge in [-0.2, -0.15) is 0 Å². The maximum absolute atomic E-state index is 12.0. The van der Waals surface area contributed by atoms with E-state index in [2.05, 4.69) is 16.8 Å².